The van der Waals surface area contributed by atoms with Crippen molar-refractivity contribution in [3.8, 4) is 0 Å². The maximum Gasteiger partial charge on any atom is 0.0715 e. The number of rotatable bonds is 3. The van der Waals surface area contributed by atoms with E-state index in [-0.39, 0.29) is 6.61 Å². The Morgan fingerprint density at radius 3 is 3.00 bits per heavy atom. The molecule has 1 aromatic rings. The Morgan fingerprint density at radius 1 is 1.39 bits per heavy atom. The van der Waals surface area contributed by atoms with Crippen LogP contribution in [0.25, 0.3) is 5.57 Å². The van der Waals surface area contributed by atoms with Gasteiger partial charge in [-0.15, -0.1) is 0 Å². The monoisotopic (exact) mass is 261 g/mol. The first-order valence-electron chi connectivity index (χ1n) is 5.61. The first-order chi connectivity index (χ1) is 8.70. The van der Waals surface area contributed by atoms with Crippen LogP contribution in [0.15, 0.2) is 33.5 Å². The van der Waals surface area contributed by atoms with Crippen molar-refractivity contribution in [3.63, 3.8) is 0 Å². The third-order valence-electron chi connectivity index (χ3n) is 2.53. The third kappa shape index (κ3) is 2.96. The highest BCUT2D eigenvalue weighted by atomic mass is 32.2. The Labute approximate surface area is 110 Å². The molecule has 1 aliphatic heterocycles. The maximum absolute atomic E-state index is 8.64. The van der Waals surface area contributed by atoms with Gasteiger partial charge in [0.05, 0.1) is 18.1 Å². The van der Waals surface area contributed by atoms with Gasteiger partial charge in [-0.3, -0.25) is 0 Å². The molecule has 0 bridgehead atoms. The molecule has 0 spiro atoms. The van der Waals surface area contributed by atoms with Crippen molar-refractivity contribution < 1.29 is 5.11 Å². The van der Waals surface area contributed by atoms with Gasteiger partial charge in [-0.25, -0.2) is 4.99 Å². The van der Waals surface area contributed by atoms with Crippen molar-refractivity contribution in [1.82, 2.24) is 0 Å². The summed E-state index contributed by atoms with van der Waals surface area (Å²) in [5.41, 5.74) is 15.3. The minimum absolute atomic E-state index is 0.0490. The summed E-state index contributed by atoms with van der Waals surface area (Å²) in [6, 6.07) is 5.49. The second-order valence-electron chi connectivity index (χ2n) is 3.92. The molecule has 1 aromatic carbocycles. The van der Waals surface area contributed by atoms with E-state index in [2.05, 4.69) is 10.9 Å². The van der Waals surface area contributed by atoms with Crippen LogP contribution in [0.4, 0.5) is 11.4 Å². The second kappa shape index (κ2) is 5.78. The number of anilines is 2. The summed E-state index contributed by atoms with van der Waals surface area (Å²) >= 11 is 1.58. The molecule has 0 aromatic heterocycles. The Balaban J connectivity index is 2.18. The number of aliphatic hydroxyl groups excluding tert-OH is 1. The number of hydrogen-bond donors (Lipinski definition) is 3. The topological polar surface area (TPSA) is 84.6 Å². The number of benzene rings is 1. The lowest BCUT2D eigenvalue weighted by Crippen LogP contribution is -1.95. The molecular weight excluding hydrogens is 246 g/mol. The van der Waals surface area contributed by atoms with Gasteiger partial charge in [-0.2, -0.15) is 0 Å². The number of thioether (sulfide) groups is 1. The van der Waals surface area contributed by atoms with Crippen LogP contribution in [0.3, 0.4) is 0 Å². The molecule has 2 rings (SSSR count). The van der Waals surface area contributed by atoms with E-state index in [1.807, 2.05) is 17.5 Å². The van der Waals surface area contributed by atoms with Crippen LogP contribution in [0.2, 0.25) is 0 Å². The summed E-state index contributed by atoms with van der Waals surface area (Å²) in [7, 11) is 0. The minimum Gasteiger partial charge on any atom is -0.399 e. The number of hydrogen-bond acceptors (Lipinski definition) is 5. The predicted molar refractivity (Wildman–Crippen MR) is 78.4 cm³/mol. The van der Waals surface area contributed by atoms with Gasteiger partial charge < -0.3 is 16.6 Å². The Morgan fingerprint density at radius 2 is 2.22 bits per heavy atom. The number of aliphatic hydroxyl groups is 1. The second-order valence-corrected chi connectivity index (χ2v) is 4.89. The van der Waals surface area contributed by atoms with Crippen molar-refractivity contribution in [1.29, 1.82) is 0 Å². The molecule has 1 aliphatic rings. The number of nitrogens with zero attached hydrogens (tertiary/aromatic N) is 1. The quantitative estimate of drug-likeness (QED) is 0.573. The molecule has 0 aliphatic carbocycles. The third-order valence-corrected chi connectivity index (χ3v) is 3.46. The summed E-state index contributed by atoms with van der Waals surface area (Å²) in [5, 5.41) is 10.7. The SMILES string of the molecule is Nc1ccc(N)c(C2=CSC(=C=NCCO)C2)c1. The van der Waals surface area contributed by atoms with Gasteiger partial charge in [-0.05, 0) is 35.1 Å². The van der Waals surface area contributed by atoms with Gasteiger partial charge in [-0.1, -0.05) is 11.8 Å². The van der Waals surface area contributed by atoms with Crippen LogP contribution in [-0.4, -0.2) is 24.1 Å². The number of nitrogens with two attached hydrogens (primary N) is 2. The van der Waals surface area contributed by atoms with Crippen molar-refractivity contribution in [2.75, 3.05) is 24.6 Å². The summed E-state index contributed by atoms with van der Waals surface area (Å²) in [6.07, 6.45) is 0.757. The lowest BCUT2D eigenvalue weighted by molar-refractivity contribution is 0.307. The fraction of sp³-hybridized carbons (Fsp3) is 0.231. The van der Waals surface area contributed by atoms with Gasteiger partial charge in [0.25, 0.3) is 0 Å². The van der Waals surface area contributed by atoms with E-state index in [0.717, 1.165) is 28.1 Å². The zero-order chi connectivity index (χ0) is 13.0. The minimum atomic E-state index is 0.0490. The van der Waals surface area contributed by atoms with E-state index in [1.165, 1.54) is 0 Å². The van der Waals surface area contributed by atoms with Crippen LogP contribution in [0, 0.1) is 0 Å². The summed E-state index contributed by atoms with van der Waals surface area (Å²) < 4.78 is 0. The maximum atomic E-state index is 8.64. The molecule has 0 atom stereocenters. The fourth-order valence-electron chi connectivity index (χ4n) is 1.67. The fourth-order valence-corrected chi connectivity index (χ4v) is 2.52. The molecule has 0 fully saturated rings. The zero-order valence-corrected chi connectivity index (χ0v) is 10.7. The van der Waals surface area contributed by atoms with Crippen LogP contribution in [0.1, 0.15) is 12.0 Å². The smallest absolute Gasteiger partial charge is 0.0715 e. The summed E-state index contributed by atoms with van der Waals surface area (Å²) in [4.78, 5) is 5.02. The molecular formula is C13H15N3OS. The number of aliphatic imine (C=N–C) groups is 1. The molecule has 4 nitrogen and oxygen atoms in total. The lowest BCUT2D eigenvalue weighted by Gasteiger charge is -2.06. The van der Waals surface area contributed by atoms with Crippen molar-refractivity contribution >= 4 is 34.6 Å². The van der Waals surface area contributed by atoms with Crippen molar-refractivity contribution in [2.45, 2.75) is 6.42 Å². The molecule has 18 heavy (non-hydrogen) atoms. The molecule has 0 radical (unpaired) electrons. The normalized spacial score (nSPS) is 14.3. The average Bonchev–Trinajstić information content (AvgIpc) is 2.81. The van der Waals surface area contributed by atoms with E-state index in [9.17, 15) is 0 Å². The standard InChI is InChI=1S/C13H15N3OS/c14-10-1-2-13(15)12(6-10)9-5-11(18-8-9)7-16-3-4-17/h1-2,6,8,17H,3-5,14-15H2. The van der Waals surface area contributed by atoms with Crippen LogP contribution >= 0.6 is 11.8 Å². The Hall–Kier alpha value is -1.68. The van der Waals surface area contributed by atoms with E-state index in [1.54, 1.807) is 17.8 Å². The van der Waals surface area contributed by atoms with Gasteiger partial charge in [0.2, 0.25) is 0 Å². The zero-order valence-electron chi connectivity index (χ0n) is 9.89. The molecule has 0 saturated carbocycles. The number of nitrogen functional groups attached to an aromatic ring is 2. The largest absolute Gasteiger partial charge is 0.399 e. The molecule has 0 unspecified atom stereocenters. The van der Waals surface area contributed by atoms with E-state index >= 15 is 0 Å². The van der Waals surface area contributed by atoms with Gasteiger partial charge in [0.15, 0.2) is 0 Å². The Kier molecular flexibility index (Phi) is 4.10. The van der Waals surface area contributed by atoms with Gasteiger partial charge >= 0.3 is 0 Å². The van der Waals surface area contributed by atoms with Gasteiger partial charge in [0, 0.05) is 23.4 Å². The molecule has 5 N–H and O–H groups in total. The summed E-state index contributed by atoms with van der Waals surface area (Å²) in [6.45, 7) is 0.438. The summed E-state index contributed by atoms with van der Waals surface area (Å²) in [5.74, 6) is 2.94. The van der Waals surface area contributed by atoms with Crippen molar-refractivity contribution in [3.05, 3.63) is 34.1 Å². The van der Waals surface area contributed by atoms with E-state index in [0.29, 0.717) is 12.2 Å². The average molecular weight is 261 g/mol. The molecule has 94 valence electrons. The first kappa shape index (κ1) is 12.8. The van der Waals surface area contributed by atoms with Gasteiger partial charge in [0.1, 0.15) is 0 Å². The van der Waals surface area contributed by atoms with Crippen molar-refractivity contribution in [2.24, 2.45) is 4.99 Å². The lowest BCUT2D eigenvalue weighted by atomic mass is 10.0. The predicted octanol–water partition coefficient (Wildman–Crippen LogP) is 1.87. The highest BCUT2D eigenvalue weighted by molar-refractivity contribution is 8.06. The Bertz CT molecular complexity index is 545. The molecule has 5 heteroatoms. The van der Waals surface area contributed by atoms with Crippen LogP contribution in [-0.2, 0) is 0 Å². The van der Waals surface area contributed by atoms with Crippen LogP contribution < -0.4 is 11.5 Å². The molecule has 0 saturated heterocycles. The first-order valence-corrected chi connectivity index (χ1v) is 6.49. The van der Waals surface area contributed by atoms with E-state index < -0.39 is 0 Å². The highest BCUT2D eigenvalue weighted by Gasteiger charge is 2.15. The highest BCUT2D eigenvalue weighted by Crippen LogP contribution is 2.39. The van der Waals surface area contributed by atoms with E-state index in [4.69, 9.17) is 16.6 Å². The number of allylic oxidation sites excluding steroid dienone is 2. The van der Waals surface area contributed by atoms with Crippen LogP contribution in [0.5, 0.6) is 0 Å². The molecule has 1 heterocycles. The molecule has 0 amide bonds.